The maximum atomic E-state index is 6.49. The Hall–Kier alpha value is -6.32. The minimum Gasteiger partial charge on any atom is -0.457 e. The Morgan fingerprint density at radius 3 is 2.22 bits per heavy atom. The minimum absolute atomic E-state index is 0.317. The molecule has 0 bridgehead atoms. The number of allylic oxidation sites excluding steroid dienone is 13. The predicted molar refractivity (Wildman–Crippen MR) is 248 cm³/mol. The van der Waals surface area contributed by atoms with E-state index in [1.54, 1.807) is 0 Å². The van der Waals surface area contributed by atoms with Gasteiger partial charge in [-0.15, -0.1) is 0 Å². The van der Waals surface area contributed by atoms with Gasteiger partial charge < -0.3 is 4.74 Å². The second-order valence-corrected chi connectivity index (χ2v) is 15.8. The van der Waals surface area contributed by atoms with Crippen LogP contribution in [0.5, 0.6) is 11.5 Å². The van der Waals surface area contributed by atoms with Gasteiger partial charge in [0.15, 0.2) is 0 Å². The summed E-state index contributed by atoms with van der Waals surface area (Å²) in [4.78, 5) is 9.13. The lowest BCUT2D eigenvalue weighted by molar-refractivity contribution is 0.427. The van der Waals surface area contributed by atoms with Crippen LogP contribution in [0.25, 0.3) is 11.1 Å². The van der Waals surface area contributed by atoms with Crippen molar-refractivity contribution >= 4 is 17.9 Å². The number of hydrogen-bond donors (Lipinski definition) is 0. The molecule has 5 aromatic rings. The van der Waals surface area contributed by atoms with Gasteiger partial charge in [0, 0.05) is 40.4 Å². The highest BCUT2D eigenvalue weighted by Gasteiger charge is 2.54. The smallest absolute Gasteiger partial charge is 0.132 e. The highest BCUT2D eigenvalue weighted by Crippen LogP contribution is 2.63. The van der Waals surface area contributed by atoms with Crippen molar-refractivity contribution in [3.63, 3.8) is 0 Å². The van der Waals surface area contributed by atoms with Crippen molar-refractivity contribution in [1.82, 2.24) is 4.98 Å². The van der Waals surface area contributed by atoms with Crippen LogP contribution in [-0.2, 0) is 11.8 Å². The number of benzene rings is 4. The molecule has 5 aliphatic rings. The fraction of sp³-hybridized carbons (Fsp3) is 0.214. The zero-order valence-electron chi connectivity index (χ0n) is 34.7. The van der Waals surface area contributed by atoms with Crippen molar-refractivity contribution in [3.05, 3.63) is 232 Å². The van der Waals surface area contributed by atoms with Gasteiger partial charge in [-0.2, -0.15) is 0 Å². The second-order valence-electron chi connectivity index (χ2n) is 15.8. The average Bonchev–Trinajstić information content (AvgIpc) is 3.59. The Balaban J connectivity index is 0.000000210. The first-order valence-electron chi connectivity index (χ1n) is 21.3. The maximum Gasteiger partial charge on any atom is 0.132 e. The normalized spacial score (nSPS) is 19.0. The number of rotatable bonds is 6. The lowest BCUT2D eigenvalue weighted by Crippen LogP contribution is -2.35. The second kappa shape index (κ2) is 18.1. The standard InChI is InChI=1S/C38H31NO.C11H15N.C7H8/c1-2-25-16-18-26(19-17-25)27-9-7-10-28(23-27)29-20-21-30-31-11-8-22-39-37(31)38(34(30)24-29)32-12-3-5-14-35(32)40-36-15-6-4-13-33(36)38;1-3-7-11(12-2)10-8-5-4-6-9-10;1-7-5-3-2-4-6-7/h3-6,8,10-23,29H,2,7,9,24H2,1H3;4-8,10H,2-3,9H2,1H3;2-6H,1H3/b;11-7-;. The van der Waals surface area contributed by atoms with Crippen LogP contribution in [0.1, 0.15) is 85.0 Å². The predicted octanol–water partition coefficient (Wildman–Crippen LogP) is 14.3. The summed E-state index contributed by atoms with van der Waals surface area (Å²) in [6.07, 6.45) is 28.6. The van der Waals surface area contributed by atoms with Crippen molar-refractivity contribution in [1.29, 1.82) is 0 Å². The number of fused-ring (bicyclic) bond motifs is 8. The SMILES string of the molecule is C=N/C(=C\CC)C1C=CC=CC1.CCc1ccc(C2=CC(C3C=CC4=C(C3)C3(c5ccccc5Oc5ccccc53)c3ncccc34)=CCC2)cc1.Cc1ccccc1. The van der Waals surface area contributed by atoms with Gasteiger partial charge in [-0.05, 0) is 104 Å². The summed E-state index contributed by atoms with van der Waals surface area (Å²) in [6.45, 7) is 10.00. The molecule has 4 aliphatic carbocycles. The first-order chi connectivity index (χ1) is 29.0. The maximum absolute atomic E-state index is 6.49. The van der Waals surface area contributed by atoms with Crippen molar-refractivity contribution in [2.45, 2.75) is 64.7 Å². The Labute approximate surface area is 351 Å². The fourth-order valence-corrected chi connectivity index (χ4v) is 9.23. The molecule has 2 atom stereocenters. The number of pyridine rings is 1. The van der Waals surface area contributed by atoms with Crippen LogP contribution in [0.2, 0.25) is 0 Å². The molecule has 2 heterocycles. The molecule has 3 nitrogen and oxygen atoms in total. The molecule has 0 saturated carbocycles. The minimum atomic E-state index is -0.460. The van der Waals surface area contributed by atoms with Gasteiger partial charge >= 0.3 is 0 Å². The monoisotopic (exact) mass is 770 g/mol. The highest BCUT2D eigenvalue weighted by atomic mass is 16.5. The number of hydrogen-bond acceptors (Lipinski definition) is 3. The van der Waals surface area contributed by atoms with Crippen LogP contribution in [0.4, 0.5) is 0 Å². The number of aryl methyl sites for hydroxylation is 2. The van der Waals surface area contributed by atoms with E-state index in [0.29, 0.717) is 11.8 Å². The molecule has 1 spiro atoms. The zero-order valence-corrected chi connectivity index (χ0v) is 34.7. The molecule has 294 valence electrons. The molecule has 0 fully saturated rings. The van der Waals surface area contributed by atoms with Gasteiger partial charge in [0.25, 0.3) is 0 Å². The molecule has 4 aromatic carbocycles. The van der Waals surface area contributed by atoms with Gasteiger partial charge in [-0.1, -0.05) is 171 Å². The van der Waals surface area contributed by atoms with Gasteiger partial charge in [0.05, 0.1) is 11.1 Å². The third kappa shape index (κ3) is 7.95. The fourth-order valence-electron chi connectivity index (χ4n) is 9.23. The lowest BCUT2D eigenvalue weighted by atomic mass is 9.64. The van der Waals surface area contributed by atoms with E-state index in [1.807, 2.05) is 24.4 Å². The van der Waals surface area contributed by atoms with E-state index >= 15 is 0 Å². The number of aliphatic imine (C=N–C) groups is 1. The first-order valence-corrected chi connectivity index (χ1v) is 21.3. The summed E-state index contributed by atoms with van der Waals surface area (Å²) in [5, 5.41) is 0. The quantitative estimate of drug-likeness (QED) is 0.161. The van der Waals surface area contributed by atoms with Gasteiger partial charge in [-0.3, -0.25) is 9.98 Å². The summed E-state index contributed by atoms with van der Waals surface area (Å²) in [6, 6.07) is 40.8. The average molecular weight is 771 g/mol. The summed E-state index contributed by atoms with van der Waals surface area (Å²) in [5.74, 6) is 2.62. The van der Waals surface area contributed by atoms with E-state index < -0.39 is 5.41 Å². The van der Waals surface area contributed by atoms with Crippen LogP contribution in [0.3, 0.4) is 0 Å². The third-order valence-corrected chi connectivity index (χ3v) is 12.1. The molecule has 3 heteroatoms. The molecule has 0 radical (unpaired) electrons. The summed E-state index contributed by atoms with van der Waals surface area (Å²) in [5.41, 5.74) is 15.1. The molecule has 0 saturated heterocycles. The van der Waals surface area contributed by atoms with E-state index in [1.165, 1.54) is 55.7 Å². The van der Waals surface area contributed by atoms with Crippen LogP contribution in [-0.4, -0.2) is 11.7 Å². The number of nitrogens with zero attached hydrogens (tertiary/aromatic N) is 2. The van der Waals surface area contributed by atoms with Gasteiger partial charge in [0.2, 0.25) is 0 Å². The zero-order chi connectivity index (χ0) is 40.6. The topological polar surface area (TPSA) is 34.5 Å². The first kappa shape index (κ1) is 39.5. The van der Waals surface area contributed by atoms with E-state index in [0.717, 1.165) is 61.4 Å². The van der Waals surface area contributed by atoms with E-state index in [9.17, 15) is 0 Å². The van der Waals surface area contributed by atoms with Crippen molar-refractivity contribution in [2.75, 3.05) is 0 Å². The number of para-hydroxylation sites is 2. The van der Waals surface area contributed by atoms with Crippen molar-refractivity contribution in [2.24, 2.45) is 16.8 Å². The van der Waals surface area contributed by atoms with E-state index in [-0.39, 0.29) is 0 Å². The van der Waals surface area contributed by atoms with Crippen molar-refractivity contribution in [3.8, 4) is 11.5 Å². The molecule has 2 unspecified atom stereocenters. The highest BCUT2D eigenvalue weighted by molar-refractivity contribution is 5.91. The molecule has 1 aromatic heterocycles. The Morgan fingerprint density at radius 2 is 1.58 bits per heavy atom. The molecular weight excluding hydrogens is 717 g/mol. The summed E-state index contributed by atoms with van der Waals surface area (Å²) >= 11 is 0. The van der Waals surface area contributed by atoms with E-state index in [4.69, 9.17) is 9.72 Å². The van der Waals surface area contributed by atoms with Crippen LogP contribution in [0, 0.1) is 18.8 Å². The van der Waals surface area contributed by atoms with Gasteiger partial charge in [0.1, 0.15) is 11.5 Å². The number of aromatic nitrogens is 1. The molecule has 10 rings (SSSR count). The molecule has 1 aliphatic heterocycles. The van der Waals surface area contributed by atoms with Gasteiger partial charge in [-0.25, -0.2) is 0 Å². The molecular formula is C56H54N2O. The number of ether oxygens (including phenoxy) is 1. The van der Waals surface area contributed by atoms with E-state index in [2.05, 4.69) is 184 Å². The Kier molecular flexibility index (Phi) is 12.1. The van der Waals surface area contributed by atoms with Crippen LogP contribution >= 0.6 is 0 Å². The van der Waals surface area contributed by atoms with Crippen LogP contribution < -0.4 is 4.74 Å². The summed E-state index contributed by atoms with van der Waals surface area (Å²) in [7, 11) is 0. The lowest BCUT2D eigenvalue weighted by Gasteiger charge is -2.41. The summed E-state index contributed by atoms with van der Waals surface area (Å²) < 4.78 is 6.49. The molecule has 0 amide bonds. The third-order valence-electron chi connectivity index (χ3n) is 12.1. The molecule has 0 N–H and O–H groups in total. The Morgan fingerprint density at radius 1 is 0.847 bits per heavy atom. The van der Waals surface area contributed by atoms with Crippen LogP contribution in [0.15, 0.2) is 198 Å². The molecule has 59 heavy (non-hydrogen) atoms. The van der Waals surface area contributed by atoms with Crippen molar-refractivity contribution < 1.29 is 4.74 Å². The largest absolute Gasteiger partial charge is 0.457 e. The Bertz CT molecular complexity index is 2480.